The lowest BCUT2D eigenvalue weighted by Crippen LogP contribution is -2.31. The first-order valence-electron chi connectivity index (χ1n) is 2.78. The zero-order chi connectivity index (χ0) is 9.19. The van der Waals surface area contributed by atoms with E-state index in [-0.39, 0.29) is 0 Å². The number of hydrogen-bond acceptors (Lipinski definition) is 4. The smallest absolute Gasteiger partial charge is 0.261 e. The van der Waals surface area contributed by atoms with Crippen molar-refractivity contribution < 1.29 is 13.2 Å². The van der Waals surface area contributed by atoms with Crippen LogP contribution in [0.1, 0.15) is 0 Å². The van der Waals surface area contributed by atoms with Crippen molar-refractivity contribution in [2.75, 3.05) is 0 Å². The van der Waals surface area contributed by atoms with Gasteiger partial charge < -0.3 is 0 Å². The number of thiol groups is 1. The number of carbonyl (C=O) groups is 1. The molecule has 0 bridgehead atoms. The fraction of sp³-hybridized carbons (Fsp3) is 0. The van der Waals surface area contributed by atoms with Gasteiger partial charge in [0.1, 0.15) is 0 Å². The first kappa shape index (κ1) is 9.07. The second-order valence-electron chi connectivity index (χ2n) is 1.79. The van der Waals surface area contributed by atoms with Crippen LogP contribution in [0.2, 0.25) is 0 Å². The average Bonchev–Trinajstić information content (AvgIpc) is 2.32. The Hall–Kier alpha value is -1.02. The minimum atomic E-state index is -3.89. The standard InChI is InChI=1S/C4H5N3O3S2/c8-4(11)6-12(9,10)7-3-1-2-5-7/h1-3H,(H2,6,8,11). The Morgan fingerprint density at radius 1 is 1.58 bits per heavy atom. The number of nitrogens with zero attached hydrogens (tertiary/aromatic N) is 2. The second kappa shape index (κ2) is 3.15. The molecule has 0 radical (unpaired) electrons. The number of carbonyl (C=O) groups excluding carboxylic acids is 1. The molecule has 0 aromatic carbocycles. The maximum atomic E-state index is 11.0. The summed E-state index contributed by atoms with van der Waals surface area (Å²) in [6.45, 7) is 0. The molecule has 12 heavy (non-hydrogen) atoms. The van der Waals surface area contributed by atoms with E-state index < -0.39 is 15.4 Å². The Balaban J connectivity index is 2.96. The lowest BCUT2D eigenvalue weighted by Gasteiger charge is -2.01. The van der Waals surface area contributed by atoms with Crippen molar-refractivity contribution in [1.29, 1.82) is 0 Å². The van der Waals surface area contributed by atoms with E-state index in [0.29, 0.717) is 4.09 Å². The van der Waals surface area contributed by atoms with Gasteiger partial charge in [0.15, 0.2) is 0 Å². The fourth-order valence-corrected chi connectivity index (χ4v) is 1.62. The summed E-state index contributed by atoms with van der Waals surface area (Å²) in [6, 6.07) is 1.42. The Kier molecular flexibility index (Phi) is 2.38. The molecule has 0 aliphatic carbocycles. The highest BCUT2D eigenvalue weighted by molar-refractivity contribution is 7.99. The fourth-order valence-electron chi connectivity index (χ4n) is 0.554. The Labute approximate surface area is 74.2 Å². The molecule has 0 aliphatic heterocycles. The summed E-state index contributed by atoms with van der Waals surface area (Å²) < 4.78 is 24.3. The van der Waals surface area contributed by atoms with E-state index in [1.807, 2.05) is 0 Å². The molecule has 1 heterocycles. The maximum Gasteiger partial charge on any atom is 0.345 e. The van der Waals surface area contributed by atoms with E-state index in [1.165, 1.54) is 18.5 Å². The van der Waals surface area contributed by atoms with E-state index in [1.54, 1.807) is 4.72 Å². The molecule has 1 N–H and O–H groups in total. The Bertz CT molecular complexity index is 368. The van der Waals surface area contributed by atoms with Crippen molar-refractivity contribution >= 4 is 28.1 Å². The molecule has 0 spiro atoms. The molecule has 0 atom stereocenters. The predicted molar refractivity (Wildman–Crippen MR) is 44.1 cm³/mol. The van der Waals surface area contributed by atoms with Crippen LogP contribution in [0.4, 0.5) is 4.79 Å². The van der Waals surface area contributed by atoms with Crippen LogP contribution in [-0.4, -0.2) is 22.8 Å². The highest BCUT2D eigenvalue weighted by Gasteiger charge is 2.13. The van der Waals surface area contributed by atoms with Crippen molar-refractivity contribution in [3.63, 3.8) is 0 Å². The average molecular weight is 207 g/mol. The van der Waals surface area contributed by atoms with Gasteiger partial charge in [0.05, 0.1) is 6.20 Å². The summed E-state index contributed by atoms with van der Waals surface area (Å²) in [7, 11) is -3.89. The van der Waals surface area contributed by atoms with Crippen LogP contribution < -0.4 is 4.72 Å². The van der Waals surface area contributed by atoms with Gasteiger partial charge in [0.25, 0.3) is 5.24 Å². The molecule has 1 amide bonds. The molecule has 1 aromatic rings. The summed E-state index contributed by atoms with van der Waals surface area (Å²) in [5.74, 6) is 0. The van der Waals surface area contributed by atoms with Crippen LogP contribution in [0.5, 0.6) is 0 Å². The third kappa shape index (κ3) is 1.98. The van der Waals surface area contributed by atoms with Crippen LogP contribution in [0.25, 0.3) is 0 Å². The molecule has 0 fully saturated rings. The highest BCUT2D eigenvalue weighted by atomic mass is 32.2. The molecule has 0 saturated heterocycles. The summed E-state index contributed by atoms with van der Waals surface area (Å²) in [6.07, 6.45) is 2.47. The largest absolute Gasteiger partial charge is 0.345 e. The Morgan fingerprint density at radius 3 is 2.67 bits per heavy atom. The van der Waals surface area contributed by atoms with Crippen molar-refractivity contribution in [3.8, 4) is 0 Å². The summed E-state index contributed by atoms with van der Waals surface area (Å²) in [5.41, 5.74) is 0. The number of amides is 1. The number of hydrogen-bond donors (Lipinski definition) is 2. The zero-order valence-corrected chi connectivity index (χ0v) is 7.42. The predicted octanol–water partition coefficient (Wildman–Crippen LogP) is -0.385. The van der Waals surface area contributed by atoms with Crippen LogP contribution >= 0.6 is 12.6 Å². The number of rotatable bonds is 2. The topological polar surface area (TPSA) is 81.1 Å². The lowest BCUT2D eigenvalue weighted by atomic mass is 10.8. The van der Waals surface area contributed by atoms with Gasteiger partial charge in [-0.25, -0.2) is 4.72 Å². The molecule has 0 saturated carbocycles. The third-order valence-electron chi connectivity index (χ3n) is 0.943. The molecule has 0 aliphatic rings. The van der Waals surface area contributed by atoms with E-state index in [2.05, 4.69) is 17.7 Å². The zero-order valence-electron chi connectivity index (χ0n) is 5.71. The quantitative estimate of drug-likeness (QED) is 0.647. The molecular formula is C4H5N3O3S2. The van der Waals surface area contributed by atoms with Crippen molar-refractivity contribution in [1.82, 2.24) is 13.9 Å². The normalized spacial score (nSPS) is 11.1. The van der Waals surface area contributed by atoms with E-state index in [4.69, 9.17) is 0 Å². The molecule has 0 unspecified atom stereocenters. The monoisotopic (exact) mass is 207 g/mol. The van der Waals surface area contributed by atoms with Crippen LogP contribution in [0.3, 0.4) is 0 Å². The van der Waals surface area contributed by atoms with Crippen LogP contribution in [0, 0.1) is 0 Å². The first-order valence-corrected chi connectivity index (χ1v) is 4.67. The minimum absolute atomic E-state index is 0.626. The van der Waals surface area contributed by atoms with Gasteiger partial charge in [-0.3, -0.25) is 4.79 Å². The number of aromatic nitrogens is 2. The summed E-state index contributed by atoms with van der Waals surface area (Å²) in [4.78, 5) is 10.3. The van der Waals surface area contributed by atoms with Crippen molar-refractivity contribution in [2.45, 2.75) is 0 Å². The van der Waals surface area contributed by atoms with Gasteiger partial charge in [-0.1, -0.05) is 12.6 Å². The van der Waals surface area contributed by atoms with Gasteiger partial charge in [-0.15, -0.1) is 4.09 Å². The van der Waals surface area contributed by atoms with E-state index in [9.17, 15) is 13.2 Å². The summed E-state index contributed by atoms with van der Waals surface area (Å²) >= 11 is 3.25. The van der Waals surface area contributed by atoms with Gasteiger partial charge in [-0.05, 0) is 6.07 Å². The number of nitrogens with one attached hydrogen (secondary N) is 1. The molecule has 1 rings (SSSR count). The molecule has 1 aromatic heterocycles. The van der Waals surface area contributed by atoms with E-state index >= 15 is 0 Å². The van der Waals surface area contributed by atoms with Gasteiger partial charge in [0, 0.05) is 6.20 Å². The Morgan fingerprint density at radius 2 is 2.25 bits per heavy atom. The van der Waals surface area contributed by atoms with Gasteiger partial charge in [-0.2, -0.15) is 13.5 Å². The third-order valence-corrected chi connectivity index (χ3v) is 2.36. The minimum Gasteiger partial charge on any atom is -0.261 e. The molecule has 8 heteroatoms. The SMILES string of the molecule is O=C(S)NS(=O)(=O)n1cccn1. The summed E-state index contributed by atoms with van der Waals surface area (Å²) in [5, 5.41) is 2.47. The van der Waals surface area contributed by atoms with Gasteiger partial charge in [0.2, 0.25) is 0 Å². The molecule has 6 nitrogen and oxygen atoms in total. The highest BCUT2D eigenvalue weighted by Crippen LogP contribution is 1.92. The maximum absolute atomic E-state index is 11.0. The van der Waals surface area contributed by atoms with Gasteiger partial charge >= 0.3 is 10.2 Å². The van der Waals surface area contributed by atoms with Crippen molar-refractivity contribution in [2.24, 2.45) is 0 Å². The molecular weight excluding hydrogens is 202 g/mol. The first-order chi connectivity index (χ1) is 5.52. The lowest BCUT2D eigenvalue weighted by molar-refractivity contribution is 0.265. The second-order valence-corrected chi connectivity index (χ2v) is 3.73. The van der Waals surface area contributed by atoms with Crippen LogP contribution in [-0.2, 0) is 10.2 Å². The molecule has 66 valence electrons. The van der Waals surface area contributed by atoms with E-state index in [0.717, 1.165) is 0 Å². The van der Waals surface area contributed by atoms with Crippen molar-refractivity contribution in [3.05, 3.63) is 18.5 Å². The van der Waals surface area contributed by atoms with Crippen LogP contribution in [0.15, 0.2) is 18.5 Å².